The van der Waals surface area contributed by atoms with Gasteiger partial charge in [0.25, 0.3) is 5.91 Å². The number of nitrogens with one attached hydrogen (secondary N) is 1. The minimum atomic E-state index is 0.0329. The van der Waals surface area contributed by atoms with Crippen molar-refractivity contribution in [3.8, 4) is 0 Å². The number of carbonyl (C=O) groups is 2. The third-order valence-electron chi connectivity index (χ3n) is 5.95. The number of piperazine rings is 1. The number of aryl methyl sites for hydroxylation is 2. The van der Waals surface area contributed by atoms with E-state index in [-0.39, 0.29) is 17.9 Å². The van der Waals surface area contributed by atoms with Gasteiger partial charge in [-0.3, -0.25) is 19.7 Å². The number of amides is 2. The van der Waals surface area contributed by atoms with Crippen LogP contribution >= 0.6 is 0 Å². The van der Waals surface area contributed by atoms with Crippen molar-refractivity contribution in [1.82, 2.24) is 25.0 Å². The van der Waals surface area contributed by atoms with Crippen LogP contribution in [0.2, 0.25) is 0 Å². The van der Waals surface area contributed by atoms with Crippen molar-refractivity contribution < 1.29 is 9.59 Å². The molecule has 2 fully saturated rings. The molecule has 29 heavy (non-hydrogen) atoms. The lowest BCUT2D eigenvalue weighted by atomic mass is 10.1. The molecule has 4 heterocycles. The fraction of sp³-hybridized carbons (Fsp3) is 0.524. The van der Waals surface area contributed by atoms with Gasteiger partial charge in [0.2, 0.25) is 5.91 Å². The van der Waals surface area contributed by atoms with Gasteiger partial charge in [-0.2, -0.15) is 5.10 Å². The molecule has 4 rings (SSSR count). The van der Waals surface area contributed by atoms with Gasteiger partial charge >= 0.3 is 0 Å². The van der Waals surface area contributed by atoms with E-state index in [4.69, 9.17) is 4.98 Å². The second-order valence-electron chi connectivity index (χ2n) is 7.95. The predicted octanol–water partition coefficient (Wildman–Crippen LogP) is 2.07. The van der Waals surface area contributed by atoms with E-state index in [9.17, 15) is 9.59 Å². The minimum absolute atomic E-state index is 0.0329. The van der Waals surface area contributed by atoms with Crippen LogP contribution in [0.15, 0.2) is 18.3 Å². The zero-order valence-electron chi connectivity index (χ0n) is 17.3. The largest absolute Gasteiger partial charge is 0.368 e. The molecule has 0 spiro atoms. The Bertz CT molecular complexity index is 916. The lowest BCUT2D eigenvalue weighted by Gasteiger charge is -2.36. The van der Waals surface area contributed by atoms with E-state index >= 15 is 0 Å². The summed E-state index contributed by atoms with van der Waals surface area (Å²) in [6.07, 6.45) is 3.58. The lowest BCUT2D eigenvalue weighted by Crippen LogP contribution is -2.49. The Kier molecular flexibility index (Phi) is 5.25. The van der Waals surface area contributed by atoms with Crippen LogP contribution in [0.5, 0.6) is 0 Å². The third kappa shape index (κ3) is 3.83. The van der Waals surface area contributed by atoms with Crippen LogP contribution in [0.25, 0.3) is 0 Å². The van der Waals surface area contributed by atoms with Crippen molar-refractivity contribution in [2.45, 2.75) is 39.7 Å². The van der Waals surface area contributed by atoms with Gasteiger partial charge in [0, 0.05) is 56.7 Å². The molecule has 8 nitrogen and oxygen atoms in total. The first-order chi connectivity index (χ1) is 13.9. The zero-order chi connectivity index (χ0) is 20.5. The summed E-state index contributed by atoms with van der Waals surface area (Å²) in [7, 11) is 0. The van der Waals surface area contributed by atoms with Crippen molar-refractivity contribution in [3.05, 3.63) is 41.0 Å². The highest BCUT2D eigenvalue weighted by Crippen LogP contribution is 2.33. The number of anilines is 1. The van der Waals surface area contributed by atoms with Crippen molar-refractivity contribution in [1.29, 1.82) is 0 Å². The monoisotopic (exact) mass is 396 g/mol. The molecular weight excluding hydrogens is 368 g/mol. The van der Waals surface area contributed by atoms with E-state index in [0.717, 1.165) is 55.2 Å². The quantitative estimate of drug-likeness (QED) is 0.858. The number of pyridine rings is 1. The van der Waals surface area contributed by atoms with Gasteiger partial charge in [0.15, 0.2) is 0 Å². The fourth-order valence-electron chi connectivity index (χ4n) is 4.38. The van der Waals surface area contributed by atoms with Crippen LogP contribution in [0.1, 0.15) is 53.2 Å². The van der Waals surface area contributed by atoms with Gasteiger partial charge in [0.05, 0.1) is 23.5 Å². The van der Waals surface area contributed by atoms with E-state index < -0.39 is 0 Å². The summed E-state index contributed by atoms with van der Waals surface area (Å²) in [6.45, 7) is 9.18. The molecular formula is C21H28N6O2. The van der Waals surface area contributed by atoms with E-state index in [2.05, 4.69) is 27.2 Å². The number of H-pyrrole nitrogens is 1. The fourth-order valence-corrected chi connectivity index (χ4v) is 4.38. The number of nitrogens with zero attached hydrogens (tertiary/aromatic N) is 5. The molecule has 0 aromatic carbocycles. The zero-order valence-corrected chi connectivity index (χ0v) is 17.3. The molecule has 2 aliphatic heterocycles. The van der Waals surface area contributed by atoms with Crippen molar-refractivity contribution in [2.24, 2.45) is 0 Å². The summed E-state index contributed by atoms with van der Waals surface area (Å²) in [5.41, 5.74) is 4.50. The highest BCUT2D eigenvalue weighted by molar-refractivity contribution is 5.95. The number of carbonyl (C=O) groups excluding carboxylic acids is 2. The first kappa shape index (κ1) is 19.4. The molecule has 1 atom stereocenters. The normalized spacial score (nSPS) is 19.7. The number of aromatic nitrogens is 3. The summed E-state index contributed by atoms with van der Waals surface area (Å²) in [5.74, 6) is 0.143. The predicted molar refractivity (Wildman–Crippen MR) is 110 cm³/mol. The van der Waals surface area contributed by atoms with Crippen molar-refractivity contribution in [2.75, 3.05) is 37.6 Å². The van der Waals surface area contributed by atoms with Crippen LogP contribution in [-0.4, -0.2) is 69.5 Å². The van der Waals surface area contributed by atoms with Gasteiger partial charge in [-0.25, -0.2) is 0 Å². The molecule has 0 radical (unpaired) electrons. The van der Waals surface area contributed by atoms with E-state index in [0.29, 0.717) is 18.7 Å². The Morgan fingerprint density at radius 2 is 1.86 bits per heavy atom. The molecule has 8 heteroatoms. The van der Waals surface area contributed by atoms with E-state index in [1.165, 1.54) is 0 Å². The average Bonchev–Trinajstić information content (AvgIpc) is 3.36. The molecule has 0 saturated carbocycles. The standard InChI is InChI=1S/C21H28N6O2/c1-14-11-17(12-19(23-14)20-5-4-6-27(20)16(3)28)25-7-9-26(10-8-25)21(29)18-13-22-24-15(18)2/h11-13,20H,4-10H2,1-3H3,(H,22,24). The van der Waals surface area contributed by atoms with E-state index in [1.807, 2.05) is 23.6 Å². The Morgan fingerprint density at radius 3 is 2.52 bits per heavy atom. The summed E-state index contributed by atoms with van der Waals surface area (Å²) < 4.78 is 0. The van der Waals surface area contributed by atoms with Gasteiger partial charge in [0.1, 0.15) is 0 Å². The SMILES string of the molecule is CC(=O)N1CCCC1c1cc(N2CCN(C(=O)c3cn[nH]c3C)CC2)cc(C)n1. The van der Waals surface area contributed by atoms with Crippen LogP contribution in [-0.2, 0) is 4.79 Å². The molecule has 2 amide bonds. The molecule has 2 aromatic heterocycles. The third-order valence-corrected chi connectivity index (χ3v) is 5.95. The summed E-state index contributed by atoms with van der Waals surface area (Å²) in [5, 5.41) is 6.79. The van der Waals surface area contributed by atoms with Gasteiger partial charge < -0.3 is 14.7 Å². The van der Waals surface area contributed by atoms with Crippen LogP contribution < -0.4 is 4.90 Å². The Labute approximate surface area is 170 Å². The Balaban J connectivity index is 1.47. The van der Waals surface area contributed by atoms with Crippen molar-refractivity contribution >= 4 is 17.5 Å². The number of rotatable bonds is 3. The molecule has 2 aliphatic rings. The number of hydrogen-bond donors (Lipinski definition) is 1. The lowest BCUT2D eigenvalue weighted by molar-refractivity contribution is -0.129. The Hall–Kier alpha value is -2.90. The second-order valence-corrected chi connectivity index (χ2v) is 7.95. The molecule has 1 N–H and O–H groups in total. The van der Waals surface area contributed by atoms with Gasteiger partial charge in [-0.05, 0) is 38.8 Å². The number of likely N-dealkylation sites (tertiary alicyclic amines) is 1. The first-order valence-electron chi connectivity index (χ1n) is 10.2. The van der Waals surface area contributed by atoms with Gasteiger partial charge in [-0.15, -0.1) is 0 Å². The Morgan fingerprint density at radius 1 is 1.10 bits per heavy atom. The smallest absolute Gasteiger partial charge is 0.257 e. The van der Waals surface area contributed by atoms with Crippen LogP contribution in [0.3, 0.4) is 0 Å². The topological polar surface area (TPSA) is 85.4 Å². The minimum Gasteiger partial charge on any atom is -0.368 e. The first-order valence-corrected chi connectivity index (χ1v) is 10.2. The number of aromatic amines is 1. The maximum Gasteiger partial charge on any atom is 0.257 e. The summed E-state index contributed by atoms with van der Waals surface area (Å²) in [4.78, 5) is 35.5. The maximum atomic E-state index is 12.7. The van der Waals surface area contributed by atoms with E-state index in [1.54, 1.807) is 13.1 Å². The highest BCUT2D eigenvalue weighted by atomic mass is 16.2. The van der Waals surface area contributed by atoms with Crippen LogP contribution in [0, 0.1) is 13.8 Å². The van der Waals surface area contributed by atoms with Crippen LogP contribution in [0.4, 0.5) is 5.69 Å². The second kappa shape index (κ2) is 7.85. The summed E-state index contributed by atoms with van der Waals surface area (Å²) in [6, 6.07) is 4.28. The molecule has 2 saturated heterocycles. The molecule has 154 valence electrons. The molecule has 1 unspecified atom stereocenters. The molecule has 0 aliphatic carbocycles. The molecule has 2 aromatic rings. The summed E-state index contributed by atoms with van der Waals surface area (Å²) >= 11 is 0. The van der Waals surface area contributed by atoms with Crippen molar-refractivity contribution in [3.63, 3.8) is 0 Å². The number of hydrogen-bond acceptors (Lipinski definition) is 5. The van der Waals surface area contributed by atoms with Gasteiger partial charge in [-0.1, -0.05) is 0 Å². The average molecular weight is 396 g/mol. The maximum absolute atomic E-state index is 12.7. The molecule has 0 bridgehead atoms. The highest BCUT2D eigenvalue weighted by Gasteiger charge is 2.30.